The summed E-state index contributed by atoms with van der Waals surface area (Å²) in [5.41, 5.74) is -0.536. The maximum Gasteiger partial charge on any atom is 0.408 e. The summed E-state index contributed by atoms with van der Waals surface area (Å²) in [4.78, 5) is 12.4. The summed E-state index contributed by atoms with van der Waals surface area (Å²) in [6.07, 6.45) is 6.53. The topological polar surface area (TPSA) is 66.0 Å². The van der Waals surface area contributed by atoms with Gasteiger partial charge in [-0.3, -0.25) is 0 Å². The zero-order chi connectivity index (χ0) is 23.7. The molecule has 1 aliphatic rings. The maximum atomic E-state index is 12.4. The predicted molar refractivity (Wildman–Crippen MR) is 129 cm³/mol. The van der Waals surface area contributed by atoms with Crippen molar-refractivity contribution >= 4 is 14.4 Å². The van der Waals surface area contributed by atoms with Crippen LogP contribution in [0, 0.1) is 0 Å². The van der Waals surface area contributed by atoms with E-state index in [0.717, 1.165) is 38.7 Å². The van der Waals surface area contributed by atoms with Gasteiger partial charge in [0.2, 0.25) is 0 Å². The molecule has 0 aromatic rings. The molecule has 1 N–H and O–H groups in total. The van der Waals surface area contributed by atoms with Crippen LogP contribution in [-0.2, 0) is 18.6 Å². The van der Waals surface area contributed by atoms with Gasteiger partial charge in [-0.25, -0.2) is 4.79 Å². The third-order valence-electron chi connectivity index (χ3n) is 6.18. The van der Waals surface area contributed by atoms with Crippen LogP contribution < -0.4 is 5.32 Å². The fraction of sp³-hybridized carbons (Fsp3) is 0.958. The van der Waals surface area contributed by atoms with Gasteiger partial charge in [0.1, 0.15) is 5.60 Å². The van der Waals surface area contributed by atoms with E-state index in [2.05, 4.69) is 46.1 Å². The summed E-state index contributed by atoms with van der Waals surface area (Å²) >= 11 is 0. The summed E-state index contributed by atoms with van der Waals surface area (Å²) in [6.45, 7) is 20.6. The van der Waals surface area contributed by atoms with Gasteiger partial charge in [-0.2, -0.15) is 0 Å². The van der Waals surface area contributed by atoms with Gasteiger partial charge in [0, 0.05) is 6.61 Å². The van der Waals surface area contributed by atoms with Crippen LogP contribution in [0.3, 0.4) is 0 Å². The van der Waals surface area contributed by atoms with E-state index in [1.807, 2.05) is 20.8 Å². The van der Waals surface area contributed by atoms with E-state index in [9.17, 15) is 4.79 Å². The van der Waals surface area contributed by atoms with Crippen molar-refractivity contribution in [3.05, 3.63) is 0 Å². The first kappa shape index (κ1) is 28.4. The fourth-order valence-corrected chi connectivity index (χ4v) is 4.19. The number of amides is 1. The van der Waals surface area contributed by atoms with E-state index < -0.39 is 20.0 Å². The molecule has 0 radical (unpaired) electrons. The Labute approximate surface area is 192 Å². The Balaban J connectivity index is 2.57. The second-order valence-corrected chi connectivity index (χ2v) is 16.2. The van der Waals surface area contributed by atoms with Gasteiger partial charge in [0.25, 0.3) is 0 Å². The van der Waals surface area contributed by atoms with Crippen LogP contribution in [0.1, 0.15) is 87.0 Å². The Bertz CT molecular complexity index is 519. The first-order valence-electron chi connectivity index (χ1n) is 12.1. The molecule has 1 amide bonds. The summed E-state index contributed by atoms with van der Waals surface area (Å²) in [6, 6.07) is -0.234. The maximum absolute atomic E-state index is 12.4. The zero-order valence-electron chi connectivity index (χ0n) is 21.6. The number of ether oxygens (including phenoxy) is 3. The fourth-order valence-electron chi connectivity index (χ4n) is 3.14. The number of hydrogen-bond donors (Lipinski definition) is 1. The van der Waals surface area contributed by atoms with Gasteiger partial charge in [0.15, 0.2) is 8.32 Å². The van der Waals surface area contributed by atoms with Crippen LogP contribution in [0.5, 0.6) is 0 Å². The highest BCUT2D eigenvalue weighted by molar-refractivity contribution is 6.74. The van der Waals surface area contributed by atoms with Crippen molar-refractivity contribution < 1.29 is 23.4 Å². The van der Waals surface area contributed by atoms with Gasteiger partial charge in [-0.05, 0) is 71.0 Å². The first-order valence-corrected chi connectivity index (χ1v) is 15.0. The Morgan fingerprint density at radius 3 is 2.00 bits per heavy atom. The third kappa shape index (κ3) is 11.7. The molecule has 1 atom stereocenters. The number of hydrogen-bond acceptors (Lipinski definition) is 5. The smallest absolute Gasteiger partial charge is 0.408 e. The molecular weight excluding hydrogens is 410 g/mol. The minimum atomic E-state index is -1.92. The van der Waals surface area contributed by atoms with Crippen LogP contribution in [0.15, 0.2) is 0 Å². The Hall–Kier alpha value is -0.633. The Morgan fingerprint density at radius 1 is 0.968 bits per heavy atom. The van der Waals surface area contributed by atoms with Crippen molar-refractivity contribution in [2.75, 3.05) is 19.8 Å². The third-order valence-corrected chi connectivity index (χ3v) is 10.7. The molecule has 1 fully saturated rings. The lowest BCUT2D eigenvalue weighted by Crippen LogP contribution is -2.49. The van der Waals surface area contributed by atoms with Crippen LogP contribution in [0.4, 0.5) is 4.79 Å². The van der Waals surface area contributed by atoms with Crippen molar-refractivity contribution in [2.45, 2.75) is 129 Å². The van der Waals surface area contributed by atoms with Gasteiger partial charge in [0.05, 0.1) is 31.5 Å². The molecule has 31 heavy (non-hydrogen) atoms. The van der Waals surface area contributed by atoms with Gasteiger partial charge < -0.3 is 24.0 Å². The molecule has 7 heteroatoms. The molecule has 0 aromatic carbocycles. The van der Waals surface area contributed by atoms with E-state index in [1.54, 1.807) is 0 Å². The number of carbonyl (C=O) groups is 1. The molecule has 1 aliphatic carbocycles. The van der Waals surface area contributed by atoms with Crippen LogP contribution in [-0.4, -0.2) is 58.1 Å². The van der Waals surface area contributed by atoms with Crippen LogP contribution in [0.25, 0.3) is 0 Å². The molecule has 0 heterocycles. The van der Waals surface area contributed by atoms with E-state index in [1.165, 1.54) is 6.42 Å². The first-order chi connectivity index (χ1) is 14.2. The van der Waals surface area contributed by atoms with E-state index in [-0.39, 0.29) is 17.2 Å². The number of alkyl carbamates (subject to hydrolysis) is 1. The Morgan fingerprint density at radius 2 is 1.52 bits per heavy atom. The molecule has 0 aliphatic heterocycles. The van der Waals surface area contributed by atoms with Crippen LogP contribution >= 0.6 is 0 Å². The van der Waals surface area contributed by atoms with E-state index in [0.29, 0.717) is 19.3 Å². The average Bonchev–Trinajstić information content (AvgIpc) is 2.63. The summed E-state index contributed by atoms with van der Waals surface area (Å²) < 4.78 is 24.0. The number of unbranched alkanes of at least 4 members (excludes halogenated alkanes) is 1. The lowest BCUT2D eigenvalue weighted by Gasteiger charge is -2.37. The van der Waals surface area contributed by atoms with Crippen molar-refractivity contribution in [3.63, 3.8) is 0 Å². The molecule has 0 spiro atoms. The zero-order valence-corrected chi connectivity index (χ0v) is 22.6. The normalized spacial score (nSPS) is 21.6. The summed E-state index contributed by atoms with van der Waals surface area (Å²) in [7, 11) is -1.92. The van der Waals surface area contributed by atoms with Crippen molar-refractivity contribution in [1.82, 2.24) is 5.32 Å². The highest BCUT2D eigenvalue weighted by Gasteiger charge is 2.38. The summed E-state index contributed by atoms with van der Waals surface area (Å²) in [5, 5.41) is 3.08. The van der Waals surface area contributed by atoms with Crippen molar-refractivity contribution in [3.8, 4) is 0 Å². The standard InChI is InChI=1S/C24H49NO5Si/c1-10-11-16-27-20-12-14-21(15-13-20)28-17-19(25-22(26)30-23(2,3)4)18-29-31(8,9)24(5,6)7/h19-21H,10-18H2,1-9H3,(H,25,26)/t19-,20-,21-/m1/s1. The molecule has 1 saturated carbocycles. The SMILES string of the molecule is CCCCO[C@H]1CC[C@H](OC[C@H](CO[Si](C)(C)C(C)(C)C)NC(=O)OC(C)(C)C)CC1. The Kier molecular flexibility index (Phi) is 11.5. The number of rotatable bonds is 11. The van der Waals surface area contributed by atoms with E-state index in [4.69, 9.17) is 18.6 Å². The second kappa shape index (κ2) is 12.6. The van der Waals surface area contributed by atoms with Gasteiger partial charge >= 0.3 is 6.09 Å². The summed E-state index contributed by atoms with van der Waals surface area (Å²) in [5.74, 6) is 0. The molecule has 184 valence electrons. The molecule has 0 saturated heterocycles. The molecule has 1 rings (SSSR count). The van der Waals surface area contributed by atoms with Crippen molar-refractivity contribution in [1.29, 1.82) is 0 Å². The molecule has 0 bridgehead atoms. The minimum absolute atomic E-state index is 0.112. The quantitative estimate of drug-likeness (QED) is 0.301. The number of carbonyl (C=O) groups excluding carboxylic acids is 1. The van der Waals surface area contributed by atoms with Gasteiger partial charge in [-0.1, -0.05) is 34.1 Å². The number of nitrogens with one attached hydrogen (secondary N) is 1. The average molecular weight is 460 g/mol. The molecule has 0 aromatic heterocycles. The molecule has 0 unspecified atom stereocenters. The van der Waals surface area contributed by atoms with E-state index >= 15 is 0 Å². The lowest BCUT2D eigenvalue weighted by molar-refractivity contribution is -0.0399. The predicted octanol–water partition coefficient (Wildman–Crippen LogP) is 6.05. The minimum Gasteiger partial charge on any atom is -0.444 e. The van der Waals surface area contributed by atoms with Crippen molar-refractivity contribution in [2.24, 2.45) is 0 Å². The molecule has 6 nitrogen and oxygen atoms in total. The highest BCUT2D eigenvalue weighted by Crippen LogP contribution is 2.36. The van der Waals surface area contributed by atoms with Crippen LogP contribution in [0.2, 0.25) is 18.1 Å². The lowest BCUT2D eigenvalue weighted by atomic mass is 9.95. The largest absolute Gasteiger partial charge is 0.444 e. The monoisotopic (exact) mass is 459 g/mol. The highest BCUT2D eigenvalue weighted by atomic mass is 28.4. The van der Waals surface area contributed by atoms with Gasteiger partial charge in [-0.15, -0.1) is 0 Å². The second-order valence-electron chi connectivity index (χ2n) is 11.4. The molecular formula is C24H49NO5Si.